The van der Waals surface area contributed by atoms with Crippen LogP contribution in [0.5, 0.6) is 0 Å². The normalized spacial score (nSPS) is 10.8. The second kappa shape index (κ2) is 7.07. The van der Waals surface area contributed by atoms with Crippen molar-refractivity contribution in [2.24, 2.45) is 0 Å². The van der Waals surface area contributed by atoms with Gasteiger partial charge in [0, 0.05) is 17.5 Å². The SMILES string of the molecule is O=C(O)CCc1oc(-c2ccccc2)nc1-c1ccc(Cl)c(Cl)c1. The van der Waals surface area contributed by atoms with Gasteiger partial charge >= 0.3 is 5.97 Å². The van der Waals surface area contributed by atoms with Crippen molar-refractivity contribution in [1.29, 1.82) is 0 Å². The Bertz CT molecular complexity index is 875. The lowest BCUT2D eigenvalue weighted by Gasteiger charge is -2.02. The van der Waals surface area contributed by atoms with Crippen LogP contribution in [0.25, 0.3) is 22.7 Å². The number of hydrogen-bond donors (Lipinski definition) is 1. The van der Waals surface area contributed by atoms with Crippen LogP contribution in [-0.2, 0) is 11.2 Å². The summed E-state index contributed by atoms with van der Waals surface area (Å²) >= 11 is 12.0. The van der Waals surface area contributed by atoms with E-state index in [2.05, 4.69) is 4.98 Å². The summed E-state index contributed by atoms with van der Waals surface area (Å²) in [4.78, 5) is 15.4. The monoisotopic (exact) mass is 361 g/mol. The Balaban J connectivity index is 2.06. The third-order valence-electron chi connectivity index (χ3n) is 3.48. The Hall–Kier alpha value is -2.30. The van der Waals surface area contributed by atoms with E-state index in [4.69, 9.17) is 32.7 Å². The van der Waals surface area contributed by atoms with Crippen LogP contribution in [-0.4, -0.2) is 16.1 Å². The fourth-order valence-corrected chi connectivity index (χ4v) is 2.61. The number of rotatable bonds is 5. The molecular weight excluding hydrogens is 349 g/mol. The van der Waals surface area contributed by atoms with Crippen molar-refractivity contribution in [2.45, 2.75) is 12.8 Å². The molecule has 2 aromatic carbocycles. The molecule has 0 aliphatic carbocycles. The van der Waals surface area contributed by atoms with Crippen LogP contribution in [0.2, 0.25) is 10.0 Å². The Morgan fingerprint density at radius 2 is 1.79 bits per heavy atom. The van der Waals surface area contributed by atoms with Crippen molar-refractivity contribution < 1.29 is 14.3 Å². The van der Waals surface area contributed by atoms with Crippen LogP contribution in [0.3, 0.4) is 0 Å². The molecule has 1 N–H and O–H groups in total. The highest BCUT2D eigenvalue weighted by molar-refractivity contribution is 6.42. The minimum absolute atomic E-state index is 0.0439. The molecule has 4 nitrogen and oxygen atoms in total. The van der Waals surface area contributed by atoms with E-state index in [0.717, 1.165) is 11.1 Å². The van der Waals surface area contributed by atoms with Crippen LogP contribution in [0.15, 0.2) is 52.9 Å². The van der Waals surface area contributed by atoms with E-state index in [9.17, 15) is 4.79 Å². The quantitative estimate of drug-likeness (QED) is 0.666. The van der Waals surface area contributed by atoms with Crippen molar-refractivity contribution in [2.75, 3.05) is 0 Å². The molecule has 24 heavy (non-hydrogen) atoms. The first-order chi connectivity index (χ1) is 11.5. The molecule has 0 saturated carbocycles. The molecule has 0 aliphatic heterocycles. The highest BCUT2D eigenvalue weighted by Crippen LogP contribution is 2.33. The average molecular weight is 362 g/mol. The molecule has 122 valence electrons. The van der Waals surface area contributed by atoms with Crippen molar-refractivity contribution >= 4 is 29.2 Å². The van der Waals surface area contributed by atoms with Crippen LogP contribution in [0, 0.1) is 0 Å². The number of aliphatic carboxylic acids is 1. The van der Waals surface area contributed by atoms with Crippen molar-refractivity contribution in [1.82, 2.24) is 4.98 Å². The first-order valence-electron chi connectivity index (χ1n) is 7.27. The molecule has 0 saturated heterocycles. The number of carboxylic acids is 1. The minimum atomic E-state index is -0.896. The lowest BCUT2D eigenvalue weighted by atomic mass is 10.1. The van der Waals surface area contributed by atoms with Gasteiger partial charge in [-0.15, -0.1) is 0 Å². The standard InChI is InChI=1S/C18H13Cl2NO3/c19-13-7-6-12(10-14(13)20)17-15(8-9-16(22)23)24-18(21-17)11-4-2-1-3-5-11/h1-7,10H,8-9H2,(H,22,23). The number of benzene rings is 2. The predicted octanol–water partition coefficient (Wildman–Crippen LogP) is 5.33. The molecule has 3 rings (SSSR count). The number of aryl methyl sites for hydroxylation is 1. The molecule has 0 amide bonds. The number of aromatic nitrogens is 1. The molecule has 0 spiro atoms. The smallest absolute Gasteiger partial charge is 0.303 e. The molecule has 0 bridgehead atoms. The molecule has 0 aliphatic rings. The number of halogens is 2. The van der Waals surface area contributed by atoms with E-state index >= 15 is 0 Å². The minimum Gasteiger partial charge on any atom is -0.481 e. The fourth-order valence-electron chi connectivity index (χ4n) is 2.31. The predicted molar refractivity (Wildman–Crippen MR) is 93.4 cm³/mol. The zero-order valence-corrected chi connectivity index (χ0v) is 14.0. The van der Waals surface area contributed by atoms with Gasteiger partial charge in [0.05, 0.1) is 16.5 Å². The van der Waals surface area contributed by atoms with Crippen molar-refractivity contribution in [3.8, 4) is 22.7 Å². The van der Waals surface area contributed by atoms with Gasteiger partial charge in [0.2, 0.25) is 5.89 Å². The maximum absolute atomic E-state index is 10.9. The first-order valence-corrected chi connectivity index (χ1v) is 8.02. The van der Waals surface area contributed by atoms with Gasteiger partial charge in [0.1, 0.15) is 11.5 Å². The molecule has 1 aromatic heterocycles. The second-order valence-electron chi connectivity index (χ2n) is 5.18. The number of carboxylic acid groups (broad SMARTS) is 1. The van der Waals surface area contributed by atoms with E-state index in [1.807, 2.05) is 30.3 Å². The maximum atomic E-state index is 10.9. The van der Waals surface area contributed by atoms with Gasteiger partial charge < -0.3 is 9.52 Å². The van der Waals surface area contributed by atoms with E-state index in [1.165, 1.54) is 0 Å². The summed E-state index contributed by atoms with van der Waals surface area (Å²) < 4.78 is 5.83. The zero-order valence-electron chi connectivity index (χ0n) is 12.5. The Labute approximate surface area is 148 Å². The number of nitrogens with zero attached hydrogens (tertiary/aromatic N) is 1. The Morgan fingerprint density at radius 3 is 2.46 bits per heavy atom. The third-order valence-corrected chi connectivity index (χ3v) is 4.22. The van der Waals surface area contributed by atoms with Gasteiger partial charge in [0.25, 0.3) is 0 Å². The van der Waals surface area contributed by atoms with Gasteiger partial charge in [0.15, 0.2) is 0 Å². The summed E-state index contributed by atoms with van der Waals surface area (Å²) in [7, 11) is 0. The molecule has 6 heteroatoms. The van der Waals surface area contributed by atoms with E-state index in [1.54, 1.807) is 18.2 Å². The molecular formula is C18H13Cl2NO3. The maximum Gasteiger partial charge on any atom is 0.303 e. The molecule has 1 heterocycles. The van der Waals surface area contributed by atoms with Crippen LogP contribution in [0.1, 0.15) is 12.2 Å². The summed E-state index contributed by atoms with van der Waals surface area (Å²) in [6.07, 6.45) is 0.197. The number of oxazole rings is 1. The van der Waals surface area contributed by atoms with Crippen molar-refractivity contribution in [3.05, 3.63) is 64.3 Å². The van der Waals surface area contributed by atoms with E-state index in [0.29, 0.717) is 27.4 Å². The largest absolute Gasteiger partial charge is 0.481 e. The third kappa shape index (κ3) is 3.61. The van der Waals surface area contributed by atoms with Gasteiger partial charge in [-0.05, 0) is 24.3 Å². The molecule has 0 radical (unpaired) electrons. The molecule has 0 fully saturated rings. The first kappa shape index (κ1) is 16.6. The number of hydrogen-bond acceptors (Lipinski definition) is 3. The van der Waals surface area contributed by atoms with Crippen LogP contribution in [0.4, 0.5) is 0 Å². The fraction of sp³-hybridized carbons (Fsp3) is 0.111. The van der Waals surface area contributed by atoms with E-state index < -0.39 is 5.97 Å². The summed E-state index contributed by atoms with van der Waals surface area (Å²) in [6, 6.07) is 14.6. The van der Waals surface area contributed by atoms with Crippen molar-refractivity contribution in [3.63, 3.8) is 0 Å². The number of carbonyl (C=O) groups is 1. The summed E-state index contributed by atoms with van der Waals surface area (Å²) in [5.41, 5.74) is 2.13. The highest BCUT2D eigenvalue weighted by Gasteiger charge is 2.18. The summed E-state index contributed by atoms with van der Waals surface area (Å²) in [5.74, 6) is 0.0550. The van der Waals surface area contributed by atoms with Gasteiger partial charge in [-0.1, -0.05) is 47.5 Å². The molecule has 3 aromatic rings. The molecule has 0 unspecified atom stereocenters. The lowest BCUT2D eigenvalue weighted by Crippen LogP contribution is -1.97. The Morgan fingerprint density at radius 1 is 1.04 bits per heavy atom. The lowest BCUT2D eigenvalue weighted by molar-refractivity contribution is -0.137. The molecule has 0 atom stereocenters. The summed E-state index contributed by atoms with van der Waals surface area (Å²) in [6.45, 7) is 0. The average Bonchev–Trinajstić information content (AvgIpc) is 3.00. The Kier molecular flexibility index (Phi) is 4.88. The van der Waals surface area contributed by atoms with Crippen LogP contribution < -0.4 is 0 Å². The second-order valence-corrected chi connectivity index (χ2v) is 5.99. The summed E-state index contributed by atoms with van der Waals surface area (Å²) in [5, 5.41) is 9.79. The van der Waals surface area contributed by atoms with Crippen LogP contribution >= 0.6 is 23.2 Å². The van der Waals surface area contributed by atoms with Gasteiger partial charge in [-0.2, -0.15) is 0 Å². The zero-order chi connectivity index (χ0) is 17.1. The highest BCUT2D eigenvalue weighted by atomic mass is 35.5. The topological polar surface area (TPSA) is 63.3 Å². The van der Waals surface area contributed by atoms with Gasteiger partial charge in [-0.25, -0.2) is 4.98 Å². The van der Waals surface area contributed by atoms with Gasteiger partial charge in [-0.3, -0.25) is 4.79 Å². The van der Waals surface area contributed by atoms with E-state index in [-0.39, 0.29) is 12.8 Å².